The maximum atomic E-state index is 11.9. The van der Waals surface area contributed by atoms with E-state index >= 15 is 0 Å². The molecule has 0 aliphatic heterocycles. The van der Waals surface area contributed by atoms with E-state index in [-0.39, 0.29) is 12.5 Å². The zero-order valence-corrected chi connectivity index (χ0v) is 10.9. The number of carbonyl (C=O) groups is 1. The number of hydrogen-bond donors (Lipinski definition) is 2. The summed E-state index contributed by atoms with van der Waals surface area (Å²) in [4.78, 5) is 11.9. The third kappa shape index (κ3) is 2.97. The van der Waals surface area contributed by atoms with E-state index in [1.54, 1.807) is 6.07 Å². The van der Waals surface area contributed by atoms with Crippen molar-refractivity contribution < 1.29 is 9.90 Å². The summed E-state index contributed by atoms with van der Waals surface area (Å²) in [5.41, 5.74) is 2.42. The molecule has 1 heterocycles. The molecule has 0 saturated carbocycles. The van der Waals surface area contributed by atoms with Crippen molar-refractivity contribution in [2.45, 2.75) is 13.0 Å². The van der Waals surface area contributed by atoms with Gasteiger partial charge in [-0.3, -0.25) is 4.79 Å². The molecule has 0 bridgehead atoms. The first kappa shape index (κ1) is 12.8. The summed E-state index contributed by atoms with van der Waals surface area (Å²) in [7, 11) is 0. The molecule has 1 atom stereocenters. The minimum absolute atomic E-state index is 0.151. The molecule has 4 heteroatoms. The molecule has 3 nitrogen and oxygen atoms in total. The van der Waals surface area contributed by atoms with Crippen molar-refractivity contribution in [1.29, 1.82) is 0 Å². The van der Waals surface area contributed by atoms with E-state index in [1.807, 2.05) is 41.9 Å². The van der Waals surface area contributed by atoms with Crippen LogP contribution in [0.1, 0.15) is 27.6 Å². The normalized spacial score (nSPS) is 12.1. The van der Waals surface area contributed by atoms with Crippen molar-refractivity contribution in [2.24, 2.45) is 0 Å². The van der Waals surface area contributed by atoms with E-state index in [2.05, 4.69) is 5.32 Å². The fourth-order valence-corrected chi connectivity index (χ4v) is 2.40. The maximum absolute atomic E-state index is 11.9. The number of hydrogen-bond acceptors (Lipinski definition) is 3. The first-order chi connectivity index (χ1) is 8.68. The third-order valence-electron chi connectivity index (χ3n) is 2.77. The Hall–Kier alpha value is -1.65. The SMILES string of the molecule is Cc1ccccc1C(=O)NCC(O)c1ccsc1. The van der Waals surface area contributed by atoms with E-state index in [0.29, 0.717) is 5.56 Å². The molecule has 2 aromatic rings. The molecule has 0 radical (unpaired) electrons. The highest BCUT2D eigenvalue weighted by molar-refractivity contribution is 7.07. The van der Waals surface area contributed by atoms with Crippen LogP contribution in [-0.2, 0) is 0 Å². The molecule has 18 heavy (non-hydrogen) atoms. The lowest BCUT2D eigenvalue weighted by atomic mass is 10.1. The Morgan fingerprint density at radius 2 is 2.17 bits per heavy atom. The van der Waals surface area contributed by atoms with Gasteiger partial charge in [-0.15, -0.1) is 0 Å². The van der Waals surface area contributed by atoms with Gasteiger partial charge in [0.1, 0.15) is 0 Å². The van der Waals surface area contributed by atoms with Crippen molar-refractivity contribution in [1.82, 2.24) is 5.32 Å². The van der Waals surface area contributed by atoms with Crippen molar-refractivity contribution >= 4 is 17.2 Å². The van der Waals surface area contributed by atoms with Gasteiger partial charge in [0.05, 0.1) is 6.10 Å². The summed E-state index contributed by atoms with van der Waals surface area (Å²) in [5.74, 6) is -0.151. The molecule has 94 valence electrons. The van der Waals surface area contributed by atoms with Gasteiger partial charge < -0.3 is 10.4 Å². The number of benzene rings is 1. The largest absolute Gasteiger partial charge is 0.387 e. The minimum atomic E-state index is -0.649. The van der Waals surface area contributed by atoms with Crippen LogP contribution < -0.4 is 5.32 Å². The Kier molecular flexibility index (Phi) is 4.12. The average Bonchev–Trinajstić information content (AvgIpc) is 2.90. The molecular weight excluding hydrogens is 246 g/mol. The molecule has 2 rings (SSSR count). The number of thiophene rings is 1. The highest BCUT2D eigenvalue weighted by atomic mass is 32.1. The van der Waals surface area contributed by atoms with Crippen LogP contribution >= 0.6 is 11.3 Å². The molecule has 0 fully saturated rings. The van der Waals surface area contributed by atoms with Crippen LogP contribution in [0.4, 0.5) is 0 Å². The van der Waals surface area contributed by atoms with Crippen LogP contribution in [0.2, 0.25) is 0 Å². The Morgan fingerprint density at radius 1 is 1.39 bits per heavy atom. The van der Waals surface area contributed by atoms with Crippen molar-refractivity contribution in [3.8, 4) is 0 Å². The smallest absolute Gasteiger partial charge is 0.251 e. The lowest BCUT2D eigenvalue weighted by molar-refractivity contribution is 0.0916. The second kappa shape index (κ2) is 5.80. The van der Waals surface area contributed by atoms with Crippen LogP contribution in [0.5, 0.6) is 0 Å². The van der Waals surface area contributed by atoms with Gasteiger partial charge in [0, 0.05) is 12.1 Å². The van der Waals surface area contributed by atoms with Crippen LogP contribution in [0.15, 0.2) is 41.1 Å². The average molecular weight is 261 g/mol. The molecule has 1 unspecified atom stereocenters. The summed E-state index contributed by atoms with van der Waals surface area (Å²) in [6, 6.07) is 9.25. The number of aliphatic hydroxyl groups is 1. The lowest BCUT2D eigenvalue weighted by Crippen LogP contribution is -2.28. The Labute approximate surface area is 110 Å². The standard InChI is InChI=1S/C14H15NO2S/c1-10-4-2-3-5-12(10)14(17)15-8-13(16)11-6-7-18-9-11/h2-7,9,13,16H,8H2,1H3,(H,15,17). The third-order valence-corrected chi connectivity index (χ3v) is 3.48. The fraction of sp³-hybridized carbons (Fsp3) is 0.214. The van der Waals surface area contributed by atoms with E-state index < -0.39 is 6.10 Å². The zero-order valence-electron chi connectivity index (χ0n) is 10.1. The maximum Gasteiger partial charge on any atom is 0.251 e. The summed E-state index contributed by atoms with van der Waals surface area (Å²) >= 11 is 1.53. The highest BCUT2D eigenvalue weighted by Gasteiger charge is 2.12. The predicted molar refractivity (Wildman–Crippen MR) is 72.8 cm³/mol. The Morgan fingerprint density at radius 3 is 2.83 bits per heavy atom. The van der Waals surface area contributed by atoms with Crippen molar-refractivity contribution in [3.05, 3.63) is 57.8 Å². The van der Waals surface area contributed by atoms with Gasteiger partial charge in [-0.25, -0.2) is 0 Å². The monoisotopic (exact) mass is 261 g/mol. The molecule has 0 spiro atoms. The Balaban J connectivity index is 1.95. The summed E-state index contributed by atoms with van der Waals surface area (Å²) < 4.78 is 0. The van der Waals surface area contributed by atoms with E-state index in [4.69, 9.17) is 0 Å². The zero-order chi connectivity index (χ0) is 13.0. The highest BCUT2D eigenvalue weighted by Crippen LogP contribution is 2.15. The van der Waals surface area contributed by atoms with Gasteiger partial charge >= 0.3 is 0 Å². The van der Waals surface area contributed by atoms with Gasteiger partial charge in [0.25, 0.3) is 5.91 Å². The summed E-state index contributed by atoms with van der Waals surface area (Å²) in [5, 5.41) is 16.4. The molecule has 2 N–H and O–H groups in total. The Bertz CT molecular complexity index is 522. The topological polar surface area (TPSA) is 49.3 Å². The molecule has 0 aliphatic rings. The number of aliphatic hydroxyl groups excluding tert-OH is 1. The number of aryl methyl sites for hydroxylation is 1. The number of rotatable bonds is 4. The minimum Gasteiger partial charge on any atom is -0.387 e. The number of carbonyl (C=O) groups excluding carboxylic acids is 1. The number of nitrogens with one attached hydrogen (secondary N) is 1. The lowest BCUT2D eigenvalue weighted by Gasteiger charge is -2.11. The van der Waals surface area contributed by atoms with Gasteiger partial charge in [-0.1, -0.05) is 18.2 Å². The fourth-order valence-electron chi connectivity index (χ4n) is 1.69. The molecule has 1 aromatic carbocycles. The second-order valence-electron chi connectivity index (χ2n) is 4.10. The van der Waals surface area contributed by atoms with Gasteiger partial charge in [0.15, 0.2) is 0 Å². The first-order valence-corrected chi connectivity index (χ1v) is 6.67. The summed E-state index contributed by atoms with van der Waals surface area (Å²) in [6.07, 6.45) is -0.649. The quantitative estimate of drug-likeness (QED) is 0.888. The number of amides is 1. The molecule has 1 amide bonds. The van der Waals surface area contributed by atoms with Gasteiger partial charge in [0.2, 0.25) is 0 Å². The first-order valence-electron chi connectivity index (χ1n) is 5.72. The van der Waals surface area contributed by atoms with E-state index in [1.165, 1.54) is 11.3 Å². The molecule has 0 saturated heterocycles. The molecule has 0 aliphatic carbocycles. The van der Waals surface area contributed by atoms with Crippen molar-refractivity contribution in [3.63, 3.8) is 0 Å². The van der Waals surface area contributed by atoms with Crippen LogP contribution in [0, 0.1) is 6.92 Å². The molecule has 1 aromatic heterocycles. The van der Waals surface area contributed by atoms with Crippen LogP contribution in [0.3, 0.4) is 0 Å². The van der Waals surface area contributed by atoms with E-state index in [0.717, 1.165) is 11.1 Å². The van der Waals surface area contributed by atoms with Crippen LogP contribution in [0.25, 0.3) is 0 Å². The second-order valence-corrected chi connectivity index (χ2v) is 4.88. The predicted octanol–water partition coefficient (Wildman–Crippen LogP) is 2.52. The molecular formula is C14H15NO2S. The van der Waals surface area contributed by atoms with Crippen LogP contribution in [-0.4, -0.2) is 17.6 Å². The van der Waals surface area contributed by atoms with Gasteiger partial charge in [-0.2, -0.15) is 11.3 Å². The summed E-state index contributed by atoms with van der Waals surface area (Å²) in [6.45, 7) is 2.12. The van der Waals surface area contributed by atoms with E-state index in [9.17, 15) is 9.90 Å². The van der Waals surface area contributed by atoms with Crippen molar-refractivity contribution in [2.75, 3.05) is 6.54 Å². The van der Waals surface area contributed by atoms with Gasteiger partial charge in [-0.05, 0) is 40.9 Å².